The molecule has 0 aromatic carbocycles. The van der Waals surface area contributed by atoms with Crippen molar-refractivity contribution in [2.45, 2.75) is 32.4 Å². The highest BCUT2D eigenvalue weighted by atomic mass is 16.3. The number of hydrogen-bond donors (Lipinski definition) is 2. The number of aliphatic hydroxyl groups is 1. The van der Waals surface area contributed by atoms with Crippen molar-refractivity contribution in [2.24, 2.45) is 0 Å². The van der Waals surface area contributed by atoms with E-state index in [2.05, 4.69) is 10.2 Å². The Bertz CT molecular complexity index is 113. The topological polar surface area (TPSA) is 35.5 Å². The van der Waals surface area contributed by atoms with E-state index in [9.17, 15) is 5.11 Å². The van der Waals surface area contributed by atoms with Crippen LogP contribution in [0.15, 0.2) is 0 Å². The first-order valence-electron chi connectivity index (χ1n) is 4.60. The van der Waals surface area contributed by atoms with Crippen LogP contribution < -0.4 is 5.32 Å². The second-order valence-electron chi connectivity index (χ2n) is 3.71. The molecule has 0 aliphatic rings. The van der Waals surface area contributed by atoms with Gasteiger partial charge in [-0.25, -0.2) is 0 Å². The molecule has 2 N–H and O–H groups in total. The van der Waals surface area contributed by atoms with Gasteiger partial charge in [-0.05, 0) is 47.0 Å². The SMILES string of the molecule is CCNC(C)(O)CCCN(C)C. The summed E-state index contributed by atoms with van der Waals surface area (Å²) in [6.07, 6.45) is 1.83. The number of hydrogen-bond acceptors (Lipinski definition) is 3. The van der Waals surface area contributed by atoms with Crippen LogP contribution in [0.25, 0.3) is 0 Å². The van der Waals surface area contributed by atoms with Crippen molar-refractivity contribution < 1.29 is 5.11 Å². The third kappa shape index (κ3) is 6.58. The second kappa shape index (κ2) is 5.51. The fourth-order valence-corrected chi connectivity index (χ4v) is 1.21. The summed E-state index contributed by atoms with van der Waals surface area (Å²) in [5, 5.41) is 12.7. The second-order valence-corrected chi connectivity index (χ2v) is 3.71. The smallest absolute Gasteiger partial charge is 0.113 e. The van der Waals surface area contributed by atoms with Crippen molar-refractivity contribution in [1.82, 2.24) is 10.2 Å². The molecule has 0 saturated heterocycles. The van der Waals surface area contributed by atoms with E-state index in [0.717, 1.165) is 25.9 Å². The van der Waals surface area contributed by atoms with Crippen LogP contribution in [0.4, 0.5) is 0 Å². The molecule has 0 radical (unpaired) electrons. The van der Waals surface area contributed by atoms with E-state index in [1.165, 1.54) is 0 Å². The summed E-state index contributed by atoms with van der Waals surface area (Å²) in [4.78, 5) is 2.13. The monoisotopic (exact) mass is 174 g/mol. The molecule has 0 spiro atoms. The predicted octanol–water partition coefficient (Wildman–Crippen LogP) is 0.646. The average molecular weight is 174 g/mol. The van der Waals surface area contributed by atoms with Gasteiger partial charge in [0.25, 0.3) is 0 Å². The molecular weight excluding hydrogens is 152 g/mol. The Morgan fingerprint density at radius 3 is 2.42 bits per heavy atom. The van der Waals surface area contributed by atoms with Gasteiger partial charge in [-0.2, -0.15) is 0 Å². The van der Waals surface area contributed by atoms with Gasteiger partial charge in [0, 0.05) is 0 Å². The summed E-state index contributed by atoms with van der Waals surface area (Å²) in [5.41, 5.74) is -0.690. The molecule has 3 nitrogen and oxygen atoms in total. The zero-order chi connectivity index (χ0) is 9.61. The molecule has 1 atom stereocenters. The summed E-state index contributed by atoms with van der Waals surface area (Å²) < 4.78 is 0. The molecule has 12 heavy (non-hydrogen) atoms. The number of rotatable bonds is 6. The van der Waals surface area contributed by atoms with Crippen LogP contribution in [-0.4, -0.2) is 42.9 Å². The highest BCUT2D eigenvalue weighted by molar-refractivity contribution is 4.68. The van der Waals surface area contributed by atoms with Gasteiger partial charge in [-0.15, -0.1) is 0 Å². The molecule has 0 aromatic rings. The van der Waals surface area contributed by atoms with E-state index in [1.807, 2.05) is 27.9 Å². The standard InChI is InChI=1S/C9H22N2O/c1-5-10-9(2,12)7-6-8-11(3)4/h10,12H,5-8H2,1-4H3. The van der Waals surface area contributed by atoms with E-state index in [-0.39, 0.29) is 0 Å². The first kappa shape index (κ1) is 11.9. The minimum atomic E-state index is -0.690. The number of nitrogens with one attached hydrogen (secondary N) is 1. The zero-order valence-corrected chi connectivity index (χ0v) is 8.72. The summed E-state index contributed by atoms with van der Waals surface area (Å²) >= 11 is 0. The largest absolute Gasteiger partial charge is 0.376 e. The van der Waals surface area contributed by atoms with Crippen molar-refractivity contribution in [3.63, 3.8) is 0 Å². The van der Waals surface area contributed by atoms with Crippen LogP contribution in [0.1, 0.15) is 26.7 Å². The summed E-state index contributed by atoms with van der Waals surface area (Å²) in [7, 11) is 4.09. The van der Waals surface area contributed by atoms with E-state index in [1.54, 1.807) is 0 Å². The molecule has 0 aromatic heterocycles. The van der Waals surface area contributed by atoms with E-state index in [4.69, 9.17) is 0 Å². The van der Waals surface area contributed by atoms with Gasteiger partial charge in [0.2, 0.25) is 0 Å². The Labute approximate surface area is 75.8 Å². The minimum absolute atomic E-state index is 0.690. The fraction of sp³-hybridized carbons (Fsp3) is 1.00. The molecule has 74 valence electrons. The minimum Gasteiger partial charge on any atom is -0.376 e. The van der Waals surface area contributed by atoms with E-state index >= 15 is 0 Å². The first-order chi connectivity index (χ1) is 5.48. The van der Waals surface area contributed by atoms with Crippen LogP contribution in [0, 0.1) is 0 Å². The lowest BCUT2D eigenvalue weighted by atomic mass is 10.1. The summed E-state index contributed by atoms with van der Waals surface area (Å²) in [6, 6.07) is 0. The average Bonchev–Trinajstić information content (AvgIpc) is 1.85. The van der Waals surface area contributed by atoms with Crippen molar-refractivity contribution in [3.05, 3.63) is 0 Å². The first-order valence-corrected chi connectivity index (χ1v) is 4.60. The lowest BCUT2D eigenvalue weighted by Crippen LogP contribution is -2.42. The molecule has 1 unspecified atom stereocenters. The Hall–Kier alpha value is -0.120. The molecule has 0 amide bonds. The third-order valence-electron chi connectivity index (χ3n) is 1.83. The molecule has 3 heteroatoms. The summed E-state index contributed by atoms with van der Waals surface area (Å²) in [6.45, 7) is 5.67. The Kier molecular flexibility index (Phi) is 5.46. The predicted molar refractivity (Wildman–Crippen MR) is 52.1 cm³/mol. The number of nitrogens with zero attached hydrogens (tertiary/aromatic N) is 1. The summed E-state index contributed by atoms with van der Waals surface area (Å²) in [5.74, 6) is 0. The zero-order valence-electron chi connectivity index (χ0n) is 8.72. The molecule has 0 aliphatic heterocycles. The van der Waals surface area contributed by atoms with Gasteiger partial charge >= 0.3 is 0 Å². The van der Waals surface area contributed by atoms with Crippen molar-refractivity contribution in [1.29, 1.82) is 0 Å². The Morgan fingerprint density at radius 1 is 1.42 bits per heavy atom. The van der Waals surface area contributed by atoms with Gasteiger partial charge in [0.1, 0.15) is 5.72 Å². The third-order valence-corrected chi connectivity index (χ3v) is 1.83. The van der Waals surface area contributed by atoms with Gasteiger partial charge < -0.3 is 10.0 Å². The van der Waals surface area contributed by atoms with Crippen LogP contribution >= 0.6 is 0 Å². The fourth-order valence-electron chi connectivity index (χ4n) is 1.21. The van der Waals surface area contributed by atoms with E-state index < -0.39 is 5.72 Å². The molecule has 0 rings (SSSR count). The van der Waals surface area contributed by atoms with E-state index in [0.29, 0.717) is 0 Å². The highest BCUT2D eigenvalue weighted by Crippen LogP contribution is 2.07. The van der Waals surface area contributed by atoms with Gasteiger partial charge in [0.05, 0.1) is 0 Å². The maximum absolute atomic E-state index is 9.70. The molecule has 0 bridgehead atoms. The molecule has 0 aliphatic carbocycles. The van der Waals surface area contributed by atoms with Crippen LogP contribution in [-0.2, 0) is 0 Å². The van der Waals surface area contributed by atoms with Gasteiger partial charge in [-0.3, -0.25) is 5.32 Å². The Balaban J connectivity index is 3.46. The highest BCUT2D eigenvalue weighted by Gasteiger charge is 2.16. The molecule has 0 saturated carbocycles. The van der Waals surface area contributed by atoms with Crippen LogP contribution in [0.2, 0.25) is 0 Å². The lowest BCUT2D eigenvalue weighted by molar-refractivity contribution is 0.0142. The lowest BCUT2D eigenvalue weighted by Gasteiger charge is -2.24. The van der Waals surface area contributed by atoms with Crippen LogP contribution in [0.3, 0.4) is 0 Å². The maximum Gasteiger partial charge on any atom is 0.113 e. The van der Waals surface area contributed by atoms with Crippen molar-refractivity contribution in [3.8, 4) is 0 Å². The Morgan fingerprint density at radius 2 is 2.00 bits per heavy atom. The molecule has 0 heterocycles. The maximum atomic E-state index is 9.70. The van der Waals surface area contributed by atoms with Gasteiger partial charge in [0.15, 0.2) is 0 Å². The molecular formula is C9H22N2O. The molecule has 0 fully saturated rings. The van der Waals surface area contributed by atoms with Gasteiger partial charge in [-0.1, -0.05) is 6.92 Å². The van der Waals surface area contributed by atoms with Crippen LogP contribution in [0.5, 0.6) is 0 Å². The normalized spacial score (nSPS) is 16.5. The quantitative estimate of drug-likeness (QED) is 0.580. The van der Waals surface area contributed by atoms with Crippen molar-refractivity contribution in [2.75, 3.05) is 27.2 Å². The van der Waals surface area contributed by atoms with Crippen molar-refractivity contribution >= 4 is 0 Å².